The largest absolute Gasteiger partial charge is 0.489 e. The average molecular weight is 426 g/mol. The molecule has 3 aromatic carbocycles. The highest BCUT2D eigenvalue weighted by Crippen LogP contribution is 2.28. The van der Waals surface area contributed by atoms with Crippen LogP contribution in [0.2, 0.25) is 0 Å². The van der Waals surface area contributed by atoms with E-state index in [1.165, 1.54) is 0 Å². The standard InChI is InChI=1S/C25H18N2O5/c26-14-17-8-4-6-12-21(17)27-23(28)16-31-25(29)24-20(15-30-18-9-2-1-3-10-18)19-11-5-7-13-22(19)32-24/h1-13H,15-16H2,(H,27,28). The first-order valence-electron chi connectivity index (χ1n) is 9.80. The third-order valence-corrected chi connectivity index (χ3v) is 4.67. The lowest BCUT2D eigenvalue weighted by molar-refractivity contribution is -0.119. The third-order valence-electron chi connectivity index (χ3n) is 4.67. The number of nitrogens with zero attached hydrogens (tertiary/aromatic N) is 1. The number of carbonyl (C=O) groups excluding carboxylic acids is 2. The van der Waals surface area contributed by atoms with E-state index < -0.39 is 18.5 Å². The third kappa shape index (κ3) is 4.60. The number of anilines is 1. The summed E-state index contributed by atoms with van der Waals surface area (Å²) in [5, 5.41) is 12.4. The average Bonchev–Trinajstić information content (AvgIpc) is 3.21. The van der Waals surface area contributed by atoms with Crippen molar-refractivity contribution in [2.45, 2.75) is 6.61 Å². The Labute approximate surface area is 183 Å². The maximum Gasteiger partial charge on any atom is 0.375 e. The summed E-state index contributed by atoms with van der Waals surface area (Å²) in [7, 11) is 0. The predicted molar refractivity (Wildman–Crippen MR) is 117 cm³/mol. The van der Waals surface area contributed by atoms with Crippen LogP contribution >= 0.6 is 0 Å². The van der Waals surface area contributed by atoms with Gasteiger partial charge in [-0.3, -0.25) is 4.79 Å². The SMILES string of the molecule is N#Cc1ccccc1NC(=O)COC(=O)c1oc2ccccc2c1COc1ccccc1. The Hall–Kier alpha value is -4.57. The highest BCUT2D eigenvalue weighted by Gasteiger charge is 2.23. The van der Waals surface area contributed by atoms with E-state index in [0.29, 0.717) is 28.1 Å². The van der Waals surface area contributed by atoms with Crippen molar-refractivity contribution in [2.24, 2.45) is 0 Å². The molecule has 0 radical (unpaired) electrons. The molecule has 4 aromatic rings. The number of furan rings is 1. The second-order valence-electron chi connectivity index (χ2n) is 6.79. The fourth-order valence-corrected chi connectivity index (χ4v) is 3.15. The molecule has 7 heteroatoms. The van der Waals surface area contributed by atoms with Gasteiger partial charge in [-0.25, -0.2) is 4.79 Å². The number of hydrogen-bond acceptors (Lipinski definition) is 6. The van der Waals surface area contributed by atoms with Gasteiger partial charge in [0.15, 0.2) is 6.61 Å². The molecule has 1 N–H and O–H groups in total. The van der Waals surface area contributed by atoms with E-state index in [-0.39, 0.29) is 12.4 Å². The second kappa shape index (κ2) is 9.49. The smallest absolute Gasteiger partial charge is 0.375 e. The van der Waals surface area contributed by atoms with Crippen molar-refractivity contribution in [3.05, 3.63) is 95.7 Å². The Kier molecular flexibility index (Phi) is 6.14. The quantitative estimate of drug-likeness (QED) is 0.431. The summed E-state index contributed by atoms with van der Waals surface area (Å²) in [6, 6.07) is 24.9. The highest BCUT2D eigenvalue weighted by molar-refractivity contribution is 5.98. The number of amides is 1. The molecule has 7 nitrogen and oxygen atoms in total. The van der Waals surface area contributed by atoms with E-state index in [1.54, 1.807) is 36.4 Å². The van der Waals surface area contributed by atoms with Gasteiger partial charge in [0.25, 0.3) is 5.91 Å². The van der Waals surface area contributed by atoms with Gasteiger partial charge in [0, 0.05) is 5.39 Å². The van der Waals surface area contributed by atoms with E-state index in [1.807, 2.05) is 48.5 Å². The summed E-state index contributed by atoms with van der Waals surface area (Å²) in [5.41, 5.74) is 1.70. The van der Waals surface area contributed by atoms with Crippen LogP contribution in [0.25, 0.3) is 11.0 Å². The Morgan fingerprint density at radius 1 is 0.938 bits per heavy atom. The zero-order chi connectivity index (χ0) is 22.3. The summed E-state index contributed by atoms with van der Waals surface area (Å²) in [6.45, 7) is -0.443. The molecule has 4 rings (SSSR count). The molecule has 32 heavy (non-hydrogen) atoms. The van der Waals surface area contributed by atoms with Crippen LogP contribution < -0.4 is 10.1 Å². The minimum atomic E-state index is -0.781. The molecule has 1 amide bonds. The number of rotatable bonds is 7. The van der Waals surface area contributed by atoms with Crippen LogP contribution in [0.4, 0.5) is 5.69 Å². The zero-order valence-corrected chi connectivity index (χ0v) is 16.9. The van der Waals surface area contributed by atoms with E-state index in [0.717, 1.165) is 5.39 Å². The molecular formula is C25H18N2O5. The number of hydrogen-bond donors (Lipinski definition) is 1. The lowest BCUT2D eigenvalue weighted by Crippen LogP contribution is -2.21. The van der Waals surface area contributed by atoms with Crippen LogP contribution in [0.3, 0.4) is 0 Å². The first-order chi connectivity index (χ1) is 15.7. The summed E-state index contributed by atoms with van der Waals surface area (Å²) < 4.78 is 16.7. The molecule has 1 heterocycles. The first-order valence-corrected chi connectivity index (χ1v) is 9.80. The summed E-state index contributed by atoms with van der Waals surface area (Å²) >= 11 is 0. The van der Waals surface area contributed by atoms with Gasteiger partial charge in [-0.1, -0.05) is 48.5 Å². The molecule has 0 aliphatic heterocycles. The summed E-state index contributed by atoms with van der Waals surface area (Å²) in [5.74, 6) is -0.726. The second-order valence-corrected chi connectivity index (χ2v) is 6.79. The number of benzene rings is 3. The maximum absolute atomic E-state index is 12.7. The minimum absolute atomic E-state index is 0.0210. The Bertz CT molecular complexity index is 1300. The summed E-state index contributed by atoms with van der Waals surface area (Å²) in [4.78, 5) is 25.0. The molecule has 0 aliphatic carbocycles. The van der Waals surface area contributed by atoms with Crippen molar-refractivity contribution in [1.82, 2.24) is 0 Å². The van der Waals surface area contributed by atoms with Gasteiger partial charge in [0.1, 0.15) is 24.0 Å². The number of nitrogens with one attached hydrogen (secondary N) is 1. The molecule has 0 unspecified atom stereocenters. The summed E-state index contributed by atoms with van der Waals surface area (Å²) in [6.07, 6.45) is 0. The Morgan fingerprint density at radius 3 is 2.47 bits per heavy atom. The molecule has 0 saturated carbocycles. The van der Waals surface area contributed by atoms with Gasteiger partial charge in [-0.15, -0.1) is 0 Å². The predicted octanol–water partition coefficient (Wildman–Crippen LogP) is 4.68. The van der Waals surface area contributed by atoms with Crippen LogP contribution in [0.1, 0.15) is 21.7 Å². The molecular weight excluding hydrogens is 408 g/mol. The first kappa shape index (κ1) is 20.7. The topological polar surface area (TPSA) is 102 Å². The molecule has 0 aliphatic rings. The van der Waals surface area contributed by atoms with Gasteiger partial charge < -0.3 is 19.2 Å². The van der Waals surface area contributed by atoms with Crippen molar-refractivity contribution in [1.29, 1.82) is 5.26 Å². The van der Waals surface area contributed by atoms with Crippen LogP contribution in [0, 0.1) is 11.3 Å². The normalized spacial score (nSPS) is 10.3. The van der Waals surface area contributed by atoms with Crippen molar-refractivity contribution >= 4 is 28.5 Å². The number of para-hydroxylation sites is 3. The monoisotopic (exact) mass is 426 g/mol. The van der Waals surface area contributed by atoms with E-state index in [9.17, 15) is 9.59 Å². The van der Waals surface area contributed by atoms with Gasteiger partial charge >= 0.3 is 5.97 Å². The molecule has 0 spiro atoms. The van der Waals surface area contributed by atoms with E-state index >= 15 is 0 Å². The van der Waals surface area contributed by atoms with Crippen molar-refractivity contribution in [3.8, 4) is 11.8 Å². The number of esters is 1. The van der Waals surface area contributed by atoms with Crippen molar-refractivity contribution in [2.75, 3.05) is 11.9 Å². The number of nitriles is 1. The number of carbonyl (C=O) groups is 2. The lowest BCUT2D eigenvalue weighted by Gasteiger charge is -2.08. The molecule has 0 atom stereocenters. The van der Waals surface area contributed by atoms with Crippen LogP contribution in [0.5, 0.6) is 5.75 Å². The van der Waals surface area contributed by atoms with E-state index in [4.69, 9.17) is 19.2 Å². The van der Waals surface area contributed by atoms with Crippen LogP contribution in [0.15, 0.2) is 83.3 Å². The van der Waals surface area contributed by atoms with Crippen LogP contribution in [-0.4, -0.2) is 18.5 Å². The molecule has 0 saturated heterocycles. The fourth-order valence-electron chi connectivity index (χ4n) is 3.15. The van der Waals surface area contributed by atoms with Crippen LogP contribution in [-0.2, 0) is 16.1 Å². The maximum atomic E-state index is 12.7. The van der Waals surface area contributed by atoms with Gasteiger partial charge in [-0.2, -0.15) is 5.26 Å². The lowest BCUT2D eigenvalue weighted by atomic mass is 10.1. The minimum Gasteiger partial charge on any atom is -0.489 e. The Balaban J connectivity index is 1.48. The zero-order valence-electron chi connectivity index (χ0n) is 16.9. The highest BCUT2D eigenvalue weighted by atomic mass is 16.5. The van der Waals surface area contributed by atoms with E-state index in [2.05, 4.69) is 5.32 Å². The van der Waals surface area contributed by atoms with Gasteiger partial charge in [-0.05, 0) is 30.3 Å². The molecule has 0 bridgehead atoms. The number of fused-ring (bicyclic) bond motifs is 1. The molecule has 1 aromatic heterocycles. The van der Waals surface area contributed by atoms with Crippen molar-refractivity contribution < 1.29 is 23.5 Å². The fraction of sp³-hybridized carbons (Fsp3) is 0.0800. The van der Waals surface area contributed by atoms with Crippen molar-refractivity contribution in [3.63, 3.8) is 0 Å². The number of ether oxygens (including phenoxy) is 2. The Morgan fingerprint density at radius 2 is 1.66 bits per heavy atom. The van der Waals surface area contributed by atoms with Gasteiger partial charge in [0.2, 0.25) is 5.76 Å². The van der Waals surface area contributed by atoms with Gasteiger partial charge in [0.05, 0.1) is 16.8 Å². The molecule has 0 fully saturated rings. The molecule has 158 valence electrons.